The summed E-state index contributed by atoms with van der Waals surface area (Å²) in [7, 11) is -0.224. The summed E-state index contributed by atoms with van der Waals surface area (Å²) in [6, 6.07) is 7.14. The molecule has 3 rings (SSSR count). The van der Waals surface area contributed by atoms with Crippen LogP contribution in [0.4, 0.5) is 0 Å². The van der Waals surface area contributed by atoms with Crippen molar-refractivity contribution in [3.8, 4) is 5.75 Å². The second kappa shape index (κ2) is 9.91. The van der Waals surface area contributed by atoms with E-state index in [9.17, 15) is 13.2 Å². The summed E-state index contributed by atoms with van der Waals surface area (Å²) in [6.07, 6.45) is 4.72. The molecule has 0 spiro atoms. The molecule has 0 aromatic heterocycles. The third-order valence-corrected chi connectivity index (χ3v) is 7.93. The molecule has 2 heterocycles. The van der Waals surface area contributed by atoms with Gasteiger partial charge in [0.2, 0.25) is 10.0 Å². The number of hydrogen-bond donors (Lipinski definition) is 0. The van der Waals surface area contributed by atoms with Gasteiger partial charge in [-0.1, -0.05) is 24.3 Å². The summed E-state index contributed by atoms with van der Waals surface area (Å²) >= 11 is 0. The molecule has 0 bridgehead atoms. The standard InChI is InChI=1S/C21H30N2O6S/c1-4-28-21(24)17-11-13-23(14-12-17)30(25,26)20-15-29-22(2)19(20)10-7-16-5-8-18(27-3)9-6-16/h5-10,17,19-20H,4,11-15H2,1-3H3/b10-7+. The van der Waals surface area contributed by atoms with E-state index in [4.69, 9.17) is 14.3 Å². The Bertz CT molecular complexity index is 847. The van der Waals surface area contributed by atoms with E-state index in [0.717, 1.165) is 11.3 Å². The van der Waals surface area contributed by atoms with E-state index in [1.54, 1.807) is 26.1 Å². The Kier molecular flexibility index (Phi) is 7.51. The largest absolute Gasteiger partial charge is 0.497 e. The minimum absolute atomic E-state index is 0.105. The van der Waals surface area contributed by atoms with Crippen LogP contribution >= 0.6 is 0 Å². The molecule has 2 atom stereocenters. The zero-order chi connectivity index (χ0) is 21.7. The Hall–Kier alpha value is -1.94. The van der Waals surface area contributed by atoms with Gasteiger partial charge in [0.15, 0.2) is 0 Å². The number of esters is 1. The van der Waals surface area contributed by atoms with Gasteiger partial charge in [-0.05, 0) is 37.5 Å². The molecule has 2 fully saturated rings. The van der Waals surface area contributed by atoms with Gasteiger partial charge in [-0.3, -0.25) is 9.63 Å². The average Bonchev–Trinajstić information content (AvgIpc) is 3.14. The fourth-order valence-corrected chi connectivity index (χ4v) is 5.79. The van der Waals surface area contributed by atoms with Crippen molar-refractivity contribution in [3.05, 3.63) is 35.9 Å². The van der Waals surface area contributed by atoms with Crippen molar-refractivity contribution in [2.75, 3.05) is 40.5 Å². The predicted octanol–water partition coefficient (Wildman–Crippen LogP) is 1.93. The highest BCUT2D eigenvalue weighted by molar-refractivity contribution is 7.89. The minimum Gasteiger partial charge on any atom is -0.497 e. The van der Waals surface area contributed by atoms with Gasteiger partial charge in [0.25, 0.3) is 0 Å². The Balaban J connectivity index is 1.68. The summed E-state index contributed by atoms with van der Waals surface area (Å²) < 4.78 is 38.3. The van der Waals surface area contributed by atoms with E-state index in [1.807, 2.05) is 36.4 Å². The maximum atomic E-state index is 13.3. The number of methoxy groups -OCH3 is 1. The van der Waals surface area contributed by atoms with Gasteiger partial charge in [0.1, 0.15) is 11.0 Å². The Morgan fingerprint density at radius 1 is 1.23 bits per heavy atom. The van der Waals surface area contributed by atoms with Crippen molar-refractivity contribution >= 4 is 22.1 Å². The first-order valence-corrected chi connectivity index (χ1v) is 11.7. The fourth-order valence-electron chi connectivity index (χ4n) is 3.84. The van der Waals surface area contributed by atoms with Crippen molar-refractivity contribution in [2.45, 2.75) is 31.1 Å². The molecule has 9 heteroatoms. The molecule has 1 aromatic rings. The lowest BCUT2D eigenvalue weighted by Crippen LogP contribution is -2.48. The monoisotopic (exact) mass is 438 g/mol. The zero-order valence-corrected chi connectivity index (χ0v) is 18.5. The van der Waals surface area contributed by atoms with E-state index in [-0.39, 0.29) is 18.5 Å². The lowest BCUT2D eigenvalue weighted by atomic mass is 9.98. The number of nitrogens with zero attached hydrogens (tertiary/aromatic N) is 2. The predicted molar refractivity (Wildman–Crippen MR) is 113 cm³/mol. The number of sulfonamides is 1. The smallest absolute Gasteiger partial charge is 0.309 e. The molecule has 2 aliphatic rings. The molecule has 2 saturated heterocycles. The van der Waals surface area contributed by atoms with Gasteiger partial charge in [-0.25, -0.2) is 12.7 Å². The van der Waals surface area contributed by atoms with Gasteiger partial charge < -0.3 is 9.47 Å². The number of benzene rings is 1. The second-order valence-electron chi connectivity index (χ2n) is 7.47. The van der Waals surface area contributed by atoms with Crippen LogP contribution in [0.1, 0.15) is 25.3 Å². The first-order chi connectivity index (χ1) is 14.4. The molecule has 0 amide bonds. The van der Waals surface area contributed by atoms with E-state index in [2.05, 4.69) is 0 Å². The van der Waals surface area contributed by atoms with Crippen molar-refractivity contribution in [1.82, 2.24) is 9.37 Å². The molecule has 2 unspecified atom stereocenters. The number of carbonyl (C=O) groups excluding carboxylic acids is 1. The van der Waals surface area contributed by atoms with Crippen LogP contribution in [-0.2, 0) is 24.4 Å². The van der Waals surface area contributed by atoms with Gasteiger partial charge in [0, 0.05) is 20.1 Å². The molecular formula is C21H30N2O6S. The number of ether oxygens (including phenoxy) is 2. The number of rotatable bonds is 7. The van der Waals surface area contributed by atoms with Crippen LogP contribution in [0.15, 0.2) is 30.3 Å². The van der Waals surface area contributed by atoms with E-state index in [0.29, 0.717) is 32.5 Å². The average molecular weight is 439 g/mol. The fraction of sp³-hybridized carbons (Fsp3) is 0.571. The topological polar surface area (TPSA) is 85.4 Å². The van der Waals surface area contributed by atoms with Gasteiger partial charge in [0.05, 0.1) is 32.3 Å². The minimum atomic E-state index is -3.58. The summed E-state index contributed by atoms with van der Waals surface area (Å²) in [5.41, 5.74) is 0.947. The number of hydroxylamine groups is 2. The van der Waals surface area contributed by atoms with E-state index in [1.165, 1.54) is 4.31 Å². The molecule has 166 valence electrons. The summed E-state index contributed by atoms with van der Waals surface area (Å²) in [6.45, 7) is 2.86. The molecule has 0 aliphatic carbocycles. The first kappa shape index (κ1) is 22.7. The molecule has 1 aromatic carbocycles. The van der Waals surface area contributed by atoms with Crippen LogP contribution in [0.25, 0.3) is 6.08 Å². The molecule has 2 aliphatic heterocycles. The van der Waals surface area contributed by atoms with Crippen LogP contribution in [-0.4, -0.2) is 75.5 Å². The molecule has 30 heavy (non-hydrogen) atoms. The Morgan fingerprint density at radius 2 is 1.90 bits per heavy atom. The summed E-state index contributed by atoms with van der Waals surface area (Å²) in [5, 5.41) is 0.893. The van der Waals surface area contributed by atoms with E-state index < -0.39 is 21.3 Å². The maximum absolute atomic E-state index is 13.3. The normalized spacial score (nSPS) is 24.4. The Labute approximate surface area is 178 Å². The maximum Gasteiger partial charge on any atom is 0.309 e. The first-order valence-electron chi connectivity index (χ1n) is 10.2. The van der Waals surface area contributed by atoms with E-state index >= 15 is 0 Å². The van der Waals surface area contributed by atoms with Crippen molar-refractivity contribution in [1.29, 1.82) is 0 Å². The SMILES string of the molecule is CCOC(=O)C1CCN(S(=O)(=O)C2CON(C)C2/C=C/c2ccc(OC)cc2)CC1. The molecule has 8 nitrogen and oxygen atoms in total. The van der Waals surface area contributed by atoms with Crippen LogP contribution in [0, 0.1) is 5.92 Å². The van der Waals surface area contributed by atoms with Gasteiger partial charge >= 0.3 is 5.97 Å². The van der Waals surface area contributed by atoms with Crippen LogP contribution < -0.4 is 4.74 Å². The second-order valence-corrected chi connectivity index (χ2v) is 9.63. The van der Waals surface area contributed by atoms with Crippen molar-refractivity contribution in [3.63, 3.8) is 0 Å². The van der Waals surface area contributed by atoms with Crippen LogP contribution in [0.2, 0.25) is 0 Å². The number of hydrogen-bond acceptors (Lipinski definition) is 7. The highest BCUT2D eigenvalue weighted by Gasteiger charge is 2.45. The van der Waals surface area contributed by atoms with Crippen LogP contribution in [0.3, 0.4) is 0 Å². The quantitative estimate of drug-likeness (QED) is 0.601. The highest BCUT2D eigenvalue weighted by atomic mass is 32.2. The lowest BCUT2D eigenvalue weighted by Gasteiger charge is -2.32. The van der Waals surface area contributed by atoms with Crippen molar-refractivity contribution < 1.29 is 27.5 Å². The lowest BCUT2D eigenvalue weighted by molar-refractivity contribution is -0.149. The molecule has 0 saturated carbocycles. The molecule has 0 N–H and O–H groups in total. The number of likely N-dealkylation sites (N-methyl/N-ethyl adjacent to an activating group) is 1. The third-order valence-electron chi connectivity index (χ3n) is 5.66. The van der Waals surface area contributed by atoms with Crippen LogP contribution in [0.5, 0.6) is 5.75 Å². The summed E-state index contributed by atoms with van der Waals surface area (Å²) in [5.74, 6) is 0.295. The summed E-state index contributed by atoms with van der Waals surface area (Å²) in [4.78, 5) is 17.5. The number of carbonyl (C=O) groups is 1. The van der Waals surface area contributed by atoms with Gasteiger partial charge in [-0.15, -0.1) is 0 Å². The number of piperidine rings is 1. The zero-order valence-electron chi connectivity index (χ0n) is 17.7. The molecule has 0 radical (unpaired) electrons. The highest BCUT2D eigenvalue weighted by Crippen LogP contribution is 2.28. The van der Waals surface area contributed by atoms with Crippen molar-refractivity contribution in [2.24, 2.45) is 5.92 Å². The molecular weight excluding hydrogens is 408 g/mol. The third kappa shape index (κ3) is 5.03. The van der Waals surface area contributed by atoms with Gasteiger partial charge in [-0.2, -0.15) is 5.06 Å². The Morgan fingerprint density at radius 3 is 2.50 bits per heavy atom.